The average molecular weight is 1430 g/mol. The van der Waals surface area contributed by atoms with Gasteiger partial charge in [-0.3, -0.25) is 29.9 Å². The molecule has 0 aliphatic carbocycles. The summed E-state index contributed by atoms with van der Waals surface area (Å²) in [5.74, 6) is 0. The number of nitrogens with zero attached hydrogens (tertiary/aromatic N) is 16. The molecule has 536 valence electrons. The minimum absolute atomic E-state index is 0.932. The molecule has 0 saturated carbocycles. The lowest BCUT2D eigenvalue weighted by molar-refractivity contribution is 0.815. The minimum Gasteiger partial charge on any atom is -0.341 e. The van der Waals surface area contributed by atoms with E-state index >= 15 is 0 Å². The fourth-order valence-electron chi connectivity index (χ4n) is 16.1. The summed E-state index contributed by atoms with van der Waals surface area (Å²) >= 11 is 0. The molecule has 22 rings (SSSR count). The topological polar surface area (TPSA) is 151 Å². The quantitative estimate of drug-likeness (QED) is 0.152. The van der Waals surface area contributed by atoms with Gasteiger partial charge in [-0.15, -0.1) is 0 Å². The molecule has 0 fully saturated rings. The van der Waals surface area contributed by atoms with Crippen LogP contribution in [0.5, 0.6) is 0 Å². The Morgan fingerprint density at radius 3 is 1.10 bits per heavy atom. The molecule has 0 unspecified atom stereocenters. The molecule has 109 heavy (non-hydrogen) atoms. The number of benzene rings is 7. The van der Waals surface area contributed by atoms with Gasteiger partial charge in [0.25, 0.3) is 0 Å². The van der Waals surface area contributed by atoms with Gasteiger partial charge in [-0.05, 0) is 139 Å². The molecule has 0 atom stereocenters. The Hall–Kier alpha value is -13.5. The SMILES string of the molecule is CCn1c2ccccc2c2c3ccccc3ncc21.CCn1c2ccccc2c2cccnc21.CCn1c2ccccc2c2ccncc21.CCn1c2ccccc2c2cnccc21.CCn1c2ccccc2c2cncnc21.CCn1c2ccccc2c2ncccc21.CCn1c2ccncc2c2cnccc21. The molecule has 0 N–H and O–H groups in total. The predicted octanol–water partition coefficient (Wildman–Crippen LogP) is 22.4. The molecule has 0 radical (unpaired) electrons. The van der Waals surface area contributed by atoms with Crippen molar-refractivity contribution in [1.82, 2.24) is 76.8 Å². The summed E-state index contributed by atoms with van der Waals surface area (Å²) in [6.45, 7) is 21.9. The van der Waals surface area contributed by atoms with Crippen LogP contribution in [0, 0.1) is 0 Å². The first-order valence-electron chi connectivity index (χ1n) is 37.7. The number of rotatable bonds is 7. The fraction of sp³-hybridized carbons (Fsp3) is 0.151. The van der Waals surface area contributed by atoms with Gasteiger partial charge in [0.05, 0.1) is 73.1 Å². The van der Waals surface area contributed by atoms with Crippen molar-refractivity contribution in [1.29, 1.82) is 0 Å². The fourth-order valence-corrected chi connectivity index (χ4v) is 16.1. The van der Waals surface area contributed by atoms with E-state index in [0.29, 0.717) is 0 Å². The normalized spacial score (nSPS) is 11.3. The van der Waals surface area contributed by atoms with E-state index in [1.54, 1.807) is 6.33 Å². The molecule has 16 heteroatoms. The molecule has 15 aromatic heterocycles. The predicted molar refractivity (Wildman–Crippen MR) is 453 cm³/mol. The van der Waals surface area contributed by atoms with Crippen molar-refractivity contribution < 1.29 is 0 Å². The summed E-state index contributed by atoms with van der Waals surface area (Å²) in [4.78, 5) is 38.7. The lowest BCUT2D eigenvalue weighted by Gasteiger charge is -2.03. The third-order valence-electron chi connectivity index (χ3n) is 20.8. The van der Waals surface area contributed by atoms with E-state index in [4.69, 9.17) is 0 Å². The summed E-state index contributed by atoms with van der Waals surface area (Å²) in [7, 11) is 0. The molecule has 7 aromatic carbocycles. The van der Waals surface area contributed by atoms with Crippen LogP contribution in [0.2, 0.25) is 0 Å². The monoisotopic (exact) mass is 1420 g/mol. The average Bonchev–Trinajstić information content (AvgIpc) is 1.59. The molecule has 0 spiro atoms. The van der Waals surface area contributed by atoms with Gasteiger partial charge < -0.3 is 32.0 Å². The van der Waals surface area contributed by atoms with Crippen LogP contribution in [-0.2, 0) is 45.8 Å². The number of pyridine rings is 7. The van der Waals surface area contributed by atoms with E-state index in [9.17, 15) is 0 Å². The summed E-state index contributed by atoms with van der Waals surface area (Å²) in [5, 5.41) is 17.5. The van der Waals surface area contributed by atoms with Crippen molar-refractivity contribution in [3.63, 3.8) is 0 Å². The van der Waals surface area contributed by atoms with Crippen LogP contribution in [0.25, 0.3) is 164 Å². The highest BCUT2D eigenvalue weighted by atomic mass is 15.1. The first-order valence-corrected chi connectivity index (χ1v) is 37.7. The second-order valence-electron chi connectivity index (χ2n) is 26.4. The van der Waals surface area contributed by atoms with Crippen LogP contribution in [0.1, 0.15) is 48.5 Å². The van der Waals surface area contributed by atoms with E-state index in [0.717, 1.165) is 73.5 Å². The molecule has 0 aliphatic heterocycles. The van der Waals surface area contributed by atoms with Crippen molar-refractivity contribution in [2.24, 2.45) is 0 Å². The van der Waals surface area contributed by atoms with Gasteiger partial charge in [-0.25, -0.2) is 15.0 Å². The van der Waals surface area contributed by atoms with Gasteiger partial charge in [-0.1, -0.05) is 127 Å². The number of aryl methyl sites for hydroxylation is 7. The zero-order valence-corrected chi connectivity index (χ0v) is 62.4. The third-order valence-corrected chi connectivity index (χ3v) is 20.8. The van der Waals surface area contributed by atoms with Crippen molar-refractivity contribution in [2.45, 2.75) is 94.3 Å². The maximum atomic E-state index is 4.59. The van der Waals surface area contributed by atoms with Gasteiger partial charge in [0.2, 0.25) is 0 Å². The second kappa shape index (κ2) is 31.3. The van der Waals surface area contributed by atoms with Crippen LogP contribution < -0.4 is 0 Å². The highest BCUT2D eigenvalue weighted by Gasteiger charge is 2.16. The van der Waals surface area contributed by atoms with Crippen molar-refractivity contribution in [3.8, 4) is 0 Å². The van der Waals surface area contributed by atoms with E-state index in [-0.39, 0.29) is 0 Å². The lowest BCUT2D eigenvalue weighted by Crippen LogP contribution is -1.94. The molecule has 0 saturated heterocycles. The zero-order valence-electron chi connectivity index (χ0n) is 62.4. The van der Waals surface area contributed by atoms with E-state index in [1.807, 2.05) is 92.6 Å². The highest BCUT2D eigenvalue weighted by Crippen LogP contribution is 2.36. The Balaban J connectivity index is 0.0000000970. The molecule has 22 aromatic rings. The largest absolute Gasteiger partial charge is 0.341 e. The molecule has 16 nitrogen and oxygen atoms in total. The number of hydrogen-bond donors (Lipinski definition) is 0. The molecule has 0 aliphatic rings. The Morgan fingerprint density at radius 1 is 0.202 bits per heavy atom. The summed E-state index contributed by atoms with van der Waals surface area (Å²) in [5.41, 5.74) is 19.3. The van der Waals surface area contributed by atoms with Crippen LogP contribution in [0.15, 0.2) is 299 Å². The number of hydrogen-bond acceptors (Lipinski definition) is 9. The van der Waals surface area contributed by atoms with Gasteiger partial charge in [-0.2, -0.15) is 0 Å². The van der Waals surface area contributed by atoms with Gasteiger partial charge in [0.15, 0.2) is 0 Å². The Morgan fingerprint density at radius 2 is 0.541 bits per heavy atom. The summed E-state index contributed by atoms with van der Waals surface area (Å²) in [6, 6.07) is 75.7. The zero-order chi connectivity index (χ0) is 74.3. The lowest BCUT2D eigenvalue weighted by atomic mass is 10.1. The third kappa shape index (κ3) is 12.8. The molecule has 15 heterocycles. The van der Waals surface area contributed by atoms with Crippen LogP contribution in [0.3, 0.4) is 0 Å². The van der Waals surface area contributed by atoms with Gasteiger partial charge in [0, 0.05) is 200 Å². The van der Waals surface area contributed by atoms with Crippen molar-refractivity contribution in [2.75, 3.05) is 0 Å². The number of aromatic nitrogens is 16. The Bertz CT molecular complexity index is 5780. The number of fused-ring (bicyclic) bond motifs is 23. The van der Waals surface area contributed by atoms with Gasteiger partial charge in [0.1, 0.15) is 17.6 Å². The molecular formula is C93H84N16. The van der Waals surface area contributed by atoms with E-state index in [1.165, 1.54) is 136 Å². The maximum Gasteiger partial charge on any atom is 0.144 e. The van der Waals surface area contributed by atoms with Gasteiger partial charge >= 0.3 is 0 Å². The summed E-state index contributed by atoms with van der Waals surface area (Å²) < 4.78 is 16.0. The molecular weight excluding hydrogens is 1340 g/mol. The second-order valence-corrected chi connectivity index (χ2v) is 26.4. The van der Waals surface area contributed by atoms with E-state index in [2.05, 4.69) is 325 Å². The van der Waals surface area contributed by atoms with Crippen molar-refractivity contribution >= 4 is 164 Å². The van der Waals surface area contributed by atoms with Crippen LogP contribution in [-0.4, -0.2) is 76.8 Å². The van der Waals surface area contributed by atoms with Crippen molar-refractivity contribution in [3.05, 3.63) is 299 Å². The van der Waals surface area contributed by atoms with E-state index < -0.39 is 0 Å². The Kier molecular flexibility index (Phi) is 20.1. The highest BCUT2D eigenvalue weighted by molar-refractivity contribution is 6.20. The van der Waals surface area contributed by atoms with Crippen LogP contribution >= 0.6 is 0 Å². The summed E-state index contributed by atoms with van der Waals surface area (Å²) in [6.07, 6.45) is 24.3. The smallest absolute Gasteiger partial charge is 0.144 e. The van der Waals surface area contributed by atoms with Crippen LogP contribution in [0.4, 0.5) is 0 Å². The maximum absolute atomic E-state index is 4.59. The standard InChI is InChI=1S/C17H14N2.4C13H12N2.2C12H11N3/c1-2-19-15-10-6-4-8-13(15)17-12-7-3-5-9-14(12)18-11-16(17)19;1-2-15-12-8-4-3-6-10(12)11-7-5-9-14-13(11)15;1-2-15-11-7-4-3-6-10(11)13-12(15)8-5-9-14-13;1-2-15-12-6-4-3-5-10(12)11-9-14-8-7-13(11)15;1-2-15-12-6-4-3-5-10(12)11-7-8-14-9-13(11)15;1-2-15-11-3-5-13-7-9(11)10-8-14-6-4-12(10)15;1-2-15-11-6-4-3-5-9(11)10-7-13-8-14-12(10)15/h3-11H,2H2,1H3;4*3-9H,2H2,1H3;2*3-8H,2H2,1H3. The first-order chi connectivity index (χ1) is 53.9. The Labute approximate surface area is 630 Å². The molecule has 0 amide bonds. The first kappa shape index (κ1) is 69.9. The minimum atomic E-state index is 0.932. The number of para-hydroxylation sites is 7. The molecule has 0 bridgehead atoms.